The number of carbonyl (C=O) groups excluding carboxylic acids is 1. The highest BCUT2D eigenvalue weighted by molar-refractivity contribution is 6.40. The van der Waals surface area contributed by atoms with Crippen LogP contribution in [0.4, 0.5) is 18.9 Å². The molecule has 2 aromatic rings. The van der Waals surface area contributed by atoms with Crippen molar-refractivity contribution in [2.45, 2.75) is 57.0 Å². The number of hydrogen-bond acceptors (Lipinski definition) is 2. The zero-order valence-corrected chi connectivity index (χ0v) is 21.2. The summed E-state index contributed by atoms with van der Waals surface area (Å²) in [5.41, 5.74) is 2.29. The second kappa shape index (κ2) is 8.81. The molecule has 0 aliphatic carbocycles. The van der Waals surface area contributed by atoms with Crippen molar-refractivity contribution in [1.82, 2.24) is 9.80 Å². The molecule has 0 bridgehead atoms. The highest BCUT2D eigenvalue weighted by Gasteiger charge is 2.58. The smallest absolute Gasteiger partial charge is 0.317 e. The van der Waals surface area contributed by atoms with E-state index in [1.807, 2.05) is 12.1 Å². The maximum absolute atomic E-state index is 14.2. The van der Waals surface area contributed by atoms with Gasteiger partial charge in [0.15, 0.2) is 0 Å². The quantitative estimate of drug-likeness (QED) is 0.446. The van der Waals surface area contributed by atoms with Crippen LogP contribution < -0.4 is 9.80 Å². The SMILES string of the molecule is CC(C)(C)c1ccc2c(c1)C1(CCNCC1)C[N+]2(CCC(F)(F)F)C(=O)c1c(Cl)cccc1Cl. The molecule has 1 N–H and O–H groups in total. The third kappa shape index (κ3) is 4.50. The Hall–Kier alpha value is -1.60. The van der Waals surface area contributed by atoms with Crippen LogP contribution in [-0.2, 0) is 10.8 Å². The van der Waals surface area contributed by atoms with E-state index in [0.717, 1.165) is 37.1 Å². The Morgan fingerprint density at radius 2 is 1.68 bits per heavy atom. The lowest BCUT2D eigenvalue weighted by atomic mass is 9.73. The minimum atomic E-state index is -4.40. The van der Waals surface area contributed by atoms with Crippen LogP contribution in [0.15, 0.2) is 36.4 Å². The summed E-state index contributed by atoms with van der Waals surface area (Å²) >= 11 is 12.8. The Bertz CT molecular complexity index is 1080. The number of quaternary nitrogens is 1. The van der Waals surface area contributed by atoms with Gasteiger partial charge in [-0.05, 0) is 55.1 Å². The van der Waals surface area contributed by atoms with Gasteiger partial charge in [0.25, 0.3) is 0 Å². The number of alkyl halides is 3. The molecule has 1 amide bonds. The Labute approximate surface area is 208 Å². The molecule has 2 aliphatic heterocycles. The van der Waals surface area contributed by atoms with Gasteiger partial charge < -0.3 is 5.32 Å². The van der Waals surface area contributed by atoms with Crippen molar-refractivity contribution in [2.24, 2.45) is 0 Å². The Kier molecular flexibility index (Phi) is 6.60. The van der Waals surface area contributed by atoms with Gasteiger partial charge in [-0.1, -0.05) is 56.1 Å². The summed E-state index contributed by atoms with van der Waals surface area (Å²) in [6, 6.07) is 10.7. The van der Waals surface area contributed by atoms with Gasteiger partial charge in [-0.15, -0.1) is 0 Å². The summed E-state index contributed by atoms with van der Waals surface area (Å²) in [6.07, 6.45) is -3.97. The molecule has 0 aromatic heterocycles. The van der Waals surface area contributed by atoms with Crippen LogP contribution >= 0.6 is 23.2 Å². The fourth-order valence-electron chi connectivity index (χ4n) is 5.54. The number of nitrogens with one attached hydrogen (secondary N) is 1. The van der Waals surface area contributed by atoms with Crippen molar-refractivity contribution in [3.8, 4) is 0 Å². The van der Waals surface area contributed by atoms with E-state index in [4.69, 9.17) is 23.2 Å². The standard InChI is InChI=1S/C26H30Cl2F3N2O/c1-24(2,3)17-7-8-21-18(15-17)25(9-12-32-13-10-25)16-33(21,14-11-26(29,30)31)23(34)22-19(27)5-4-6-20(22)28/h4-8,15,32H,9-14,16H2,1-3H3/q+1. The largest absolute Gasteiger partial charge is 0.394 e. The molecule has 2 heterocycles. The van der Waals surface area contributed by atoms with Crippen molar-refractivity contribution in [3.63, 3.8) is 0 Å². The Morgan fingerprint density at radius 1 is 1.06 bits per heavy atom. The summed E-state index contributed by atoms with van der Waals surface area (Å²) in [7, 11) is 0. The number of nitrogens with zero attached hydrogens (tertiary/aromatic N) is 1. The first-order valence-electron chi connectivity index (χ1n) is 11.6. The summed E-state index contributed by atoms with van der Waals surface area (Å²) in [6.45, 7) is 7.71. The topological polar surface area (TPSA) is 29.1 Å². The molecule has 0 saturated carbocycles. The lowest BCUT2D eigenvalue weighted by Gasteiger charge is -2.37. The van der Waals surface area contributed by atoms with Crippen molar-refractivity contribution >= 4 is 34.8 Å². The van der Waals surface area contributed by atoms with E-state index in [1.165, 1.54) is 0 Å². The van der Waals surface area contributed by atoms with Crippen molar-refractivity contribution in [2.75, 3.05) is 26.2 Å². The first-order chi connectivity index (χ1) is 15.8. The molecule has 3 nitrogen and oxygen atoms in total. The third-order valence-corrected chi connectivity index (χ3v) is 8.00. The lowest BCUT2D eigenvalue weighted by molar-refractivity contribution is -0.136. The molecule has 1 saturated heterocycles. The molecule has 34 heavy (non-hydrogen) atoms. The van der Waals surface area contributed by atoms with Crippen LogP contribution in [-0.4, -0.2) is 38.3 Å². The summed E-state index contributed by atoms with van der Waals surface area (Å²) < 4.78 is 40.2. The minimum Gasteiger partial charge on any atom is -0.317 e. The fourth-order valence-corrected chi connectivity index (χ4v) is 6.10. The summed E-state index contributed by atoms with van der Waals surface area (Å²) in [4.78, 5) is 14.2. The van der Waals surface area contributed by atoms with E-state index in [2.05, 4.69) is 32.2 Å². The maximum Gasteiger partial charge on any atom is 0.394 e. The van der Waals surface area contributed by atoms with E-state index in [0.29, 0.717) is 5.69 Å². The van der Waals surface area contributed by atoms with Crippen LogP contribution in [0, 0.1) is 0 Å². The van der Waals surface area contributed by atoms with Crippen LogP contribution in [0.3, 0.4) is 0 Å². The van der Waals surface area contributed by atoms with E-state index in [1.54, 1.807) is 18.2 Å². The number of fused-ring (bicyclic) bond motifs is 2. The predicted octanol–water partition coefficient (Wildman–Crippen LogP) is 7.03. The fraction of sp³-hybridized carbons (Fsp3) is 0.500. The molecule has 4 rings (SSSR count). The van der Waals surface area contributed by atoms with Gasteiger partial charge >= 0.3 is 12.1 Å². The molecule has 1 atom stereocenters. The van der Waals surface area contributed by atoms with Gasteiger partial charge in [0.1, 0.15) is 17.8 Å². The average Bonchev–Trinajstić information content (AvgIpc) is 3.01. The first-order valence-corrected chi connectivity index (χ1v) is 12.3. The maximum atomic E-state index is 14.2. The van der Waals surface area contributed by atoms with Crippen molar-refractivity contribution in [3.05, 3.63) is 63.1 Å². The molecule has 1 unspecified atom stereocenters. The van der Waals surface area contributed by atoms with Crippen molar-refractivity contribution in [1.29, 1.82) is 0 Å². The molecule has 1 spiro atoms. The van der Waals surface area contributed by atoms with E-state index >= 15 is 0 Å². The van der Waals surface area contributed by atoms with Gasteiger partial charge in [-0.2, -0.15) is 13.2 Å². The zero-order valence-electron chi connectivity index (χ0n) is 19.7. The van der Waals surface area contributed by atoms with E-state index < -0.39 is 28.4 Å². The predicted molar refractivity (Wildman–Crippen MR) is 132 cm³/mol. The second-order valence-corrected chi connectivity index (χ2v) is 11.4. The zero-order chi connectivity index (χ0) is 24.9. The molecule has 2 aliphatic rings. The molecule has 1 fully saturated rings. The third-order valence-electron chi connectivity index (χ3n) is 7.37. The highest BCUT2D eigenvalue weighted by Crippen LogP contribution is 2.52. The van der Waals surface area contributed by atoms with Gasteiger partial charge in [-0.25, -0.2) is 9.28 Å². The highest BCUT2D eigenvalue weighted by atomic mass is 35.5. The molecular weight excluding hydrogens is 484 g/mol. The van der Waals surface area contributed by atoms with Gasteiger partial charge in [0, 0.05) is 11.6 Å². The number of hydrogen-bond donors (Lipinski definition) is 1. The molecular formula is C26H30Cl2F3N2O+. The van der Waals surface area contributed by atoms with Crippen LogP contribution in [0.2, 0.25) is 10.0 Å². The van der Waals surface area contributed by atoms with Gasteiger partial charge in [0.05, 0.1) is 28.4 Å². The molecule has 8 heteroatoms. The van der Waals surface area contributed by atoms with Crippen LogP contribution in [0.1, 0.15) is 61.5 Å². The number of piperidine rings is 1. The normalized spacial score (nSPS) is 22.1. The van der Waals surface area contributed by atoms with Crippen molar-refractivity contribution < 1.29 is 18.0 Å². The van der Waals surface area contributed by atoms with E-state index in [-0.39, 0.29) is 34.1 Å². The van der Waals surface area contributed by atoms with Gasteiger partial charge in [-0.3, -0.25) is 0 Å². The number of halogens is 5. The first kappa shape index (κ1) is 25.5. The van der Waals surface area contributed by atoms with Crippen LogP contribution in [0.25, 0.3) is 0 Å². The second-order valence-electron chi connectivity index (χ2n) is 10.6. The monoisotopic (exact) mass is 513 g/mol. The number of carbonyl (C=O) groups is 1. The summed E-state index contributed by atoms with van der Waals surface area (Å²) in [5.74, 6) is -0.472. The lowest BCUT2D eigenvalue weighted by Crippen LogP contribution is -2.58. The molecule has 184 valence electrons. The summed E-state index contributed by atoms with van der Waals surface area (Å²) in [5, 5.41) is 3.67. The Morgan fingerprint density at radius 3 is 2.24 bits per heavy atom. The number of benzene rings is 2. The number of rotatable bonds is 3. The van der Waals surface area contributed by atoms with Crippen LogP contribution in [0.5, 0.6) is 0 Å². The molecule has 2 aromatic carbocycles. The van der Waals surface area contributed by atoms with E-state index in [9.17, 15) is 18.0 Å². The average molecular weight is 514 g/mol. The molecule has 0 radical (unpaired) electrons. The Balaban J connectivity index is 1.96. The minimum absolute atomic E-state index is 0.0878. The number of amides is 1. The van der Waals surface area contributed by atoms with Gasteiger partial charge in [0.2, 0.25) is 0 Å².